The second-order valence-electron chi connectivity index (χ2n) is 14.0. The van der Waals surface area contributed by atoms with Crippen LogP contribution in [0.5, 0.6) is 0 Å². The average molecular weight is 700 g/mol. The predicted molar refractivity (Wildman–Crippen MR) is 224 cm³/mol. The Morgan fingerprint density at radius 1 is 0.345 bits per heavy atom. The molecule has 3 heterocycles. The summed E-state index contributed by atoms with van der Waals surface area (Å²) in [6.45, 7) is 0. The van der Waals surface area contributed by atoms with Gasteiger partial charge in [0, 0.05) is 38.0 Å². The summed E-state index contributed by atoms with van der Waals surface area (Å²) in [4.78, 5) is 0. The minimum atomic E-state index is 0.554. The predicted octanol–water partition coefficient (Wildman–Crippen LogP) is 12.4. The Hall–Kier alpha value is -7.86. The van der Waals surface area contributed by atoms with Crippen molar-refractivity contribution in [3.8, 4) is 40.3 Å². The summed E-state index contributed by atoms with van der Waals surface area (Å²) in [7, 11) is 0. The molecule has 0 radical (unpaired) electrons. The lowest BCUT2D eigenvalue weighted by Crippen LogP contribution is -2.01. The number of aromatic nitrogens is 3. The van der Waals surface area contributed by atoms with Gasteiger partial charge in [-0.15, -0.1) is 0 Å². The summed E-state index contributed by atoms with van der Waals surface area (Å²) in [6, 6.07) is 66.0. The third-order valence-corrected chi connectivity index (χ3v) is 11.1. The van der Waals surface area contributed by atoms with Crippen molar-refractivity contribution in [2.45, 2.75) is 0 Å². The molecule has 0 bridgehead atoms. The van der Waals surface area contributed by atoms with E-state index in [1.165, 1.54) is 21.5 Å². The molecule has 3 aromatic heterocycles. The van der Waals surface area contributed by atoms with Gasteiger partial charge in [0.05, 0.1) is 61.7 Å². The van der Waals surface area contributed by atoms with Gasteiger partial charge in [0.1, 0.15) is 6.07 Å². The quantitative estimate of drug-likeness (QED) is 0.184. The van der Waals surface area contributed by atoms with Gasteiger partial charge in [-0.2, -0.15) is 10.5 Å². The molecule has 0 atom stereocenters. The molecule has 0 aliphatic carbocycles. The summed E-state index contributed by atoms with van der Waals surface area (Å²) in [5, 5.41) is 27.3. The normalized spacial score (nSPS) is 11.6. The monoisotopic (exact) mass is 699 g/mol. The molecule has 5 heteroatoms. The van der Waals surface area contributed by atoms with Crippen LogP contribution in [0.2, 0.25) is 0 Å². The fraction of sp³-hybridized carbons (Fsp3) is 0. The third-order valence-electron chi connectivity index (χ3n) is 11.1. The van der Waals surface area contributed by atoms with Crippen molar-refractivity contribution in [1.29, 1.82) is 10.5 Å². The number of benzene rings is 8. The molecule has 0 amide bonds. The zero-order chi connectivity index (χ0) is 36.6. The highest BCUT2D eigenvalue weighted by atomic mass is 15.1. The number of fused-ring (bicyclic) bond motifs is 9. The summed E-state index contributed by atoms with van der Waals surface area (Å²) in [6.07, 6.45) is 0. The Morgan fingerprint density at radius 2 is 0.855 bits per heavy atom. The van der Waals surface area contributed by atoms with Crippen LogP contribution in [-0.2, 0) is 0 Å². The van der Waals surface area contributed by atoms with E-state index < -0.39 is 0 Å². The molecule has 5 nitrogen and oxygen atoms in total. The Bertz CT molecular complexity index is 3420. The second kappa shape index (κ2) is 11.8. The van der Waals surface area contributed by atoms with Gasteiger partial charge in [0.25, 0.3) is 0 Å². The molecule has 0 aliphatic rings. The number of nitriles is 2. The number of para-hydroxylation sites is 5. The standard InChI is InChI=1S/C50H29N5/c51-30-34-13-10-24-47-49(34)41-18-4-8-23-46(41)54(47)42-27-26-33(28-35(42)31-52)32-12-9-14-36(29-32)53-43-20-5-3-17-39(43)40-19-11-25-48(50(40)53)55-44-21-6-1-15-37(44)38-16-2-7-22-45(38)55/h1-29H. The molecule has 11 rings (SSSR count). The lowest BCUT2D eigenvalue weighted by Gasteiger charge is -2.15. The van der Waals surface area contributed by atoms with E-state index in [-0.39, 0.29) is 0 Å². The van der Waals surface area contributed by atoms with E-state index in [4.69, 9.17) is 0 Å². The van der Waals surface area contributed by atoms with Crippen molar-refractivity contribution in [2.75, 3.05) is 0 Å². The molecule has 0 unspecified atom stereocenters. The van der Waals surface area contributed by atoms with Crippen LogP contribution in [0.1, 0.15) is 11.1 Å². The van der Waals surface area contributed by atoms with Crippen LogP contribution in [0, 0.1) is 22.7 Å². The fourth-order valence-corrected chi connectivity index (χ4v) is 8.83. The van der Waals surface area contributed by atoms with Gasteiger partial charge < -0.3 is 13.7 Å². The van der Waals surface area contributed by atoms with Gasteiger partial charge >= 0.3 is 0 Å². The van der Waals surface area contributed by atoms with Crippen LogP contribution >= 0.6 is 0 Å². The van der Waals surface area contributed by atoms with Crippen molar-refractivity contribution in [3.05, 3.63) is 187 Å². The van der Waals surface area contributed by atoms with Crippen molar-refractivity contribution in [2.24, 2.45) is 0 Å². The Kier molecular flexibility index (Phi) is 6.61. The Balaban J connectivity index is 1.12. The lowest BCUT2D eigenvalue weighted by molar-refractivity contribution is 1.13. The van der Waals surface area contributed by atoms with Gasteiger partial charge in [0.15, 0.2) is 0 Å². The van der Waals surface area contributed by atoms with Crippen LogP contribution in [0.15, 0.2) is 176 Å². The number of hydrogen-bond donors (Lipinski definition) is 0. The van der Waals surface area contributed by atoms with Crippen LogP contribution < -0.4 is 0 Å². The maximum Gasteiger partial charge on any atom is 0.101 e. The smallest absolute Gasteiger partial charge is 0.101 e. The maximum absolute atomic E-state index is 10.6. The van der Waals surface area contributed by atoms with Crippen molar-refractivity contribution in [1.82, 2.24) is 13.7 Å². The number of nitrogens with zero attached hydrogens (tertiary/aromatic N) is 5. The van der Waals surface area contributed by atoms with E-state index in [9.17, 15) is 10.5 Å². The van der Waals surface area contributed by atoms with Crippen molar-refractivity contribution >= 4 is 65.4 Å². The number of hydrogen-bond acceptors (Lipinski definition) is 2. The van der Waals surface area contributed by atoms with Gasteiger partial charge in [-0.25, -0.2) is 0 Å². The first kappa shape index (κ1) is 30.7. The molecule has 0 aliphatic heterocycles. The summed E-state index contributed by atoms with van der Waals surface area (Å²) < 4.78 is 6.90. The van der Waals surface area contributed by atoms with E-state index in [1.54, 1.807) is 0 Å². The molecule has 0 fully saturated rings. The fourth-order valence-electron chi connectivity index (χ4n) is 8.83. The molecule has 55 heavy (non-hydrogen) atoms. The Morgan fingerprint density at radius 3 is 1.55 bits per heavy atom. The first-order valence-electron chi connectivity index (χ1n) is 18.3. The first-order chi connectivity index (χ1) is 27.2. The SMILES string of the molecule is N#Cc1cc(-c2cccc(-n3c4ccccc4c4cccc(-n5c6ccccc6c6ccccc65)c43)c2)ccc1-n1c2ccccc2c2c(C#N)cccc21. The maximum atomic E-state index is 10.6. The molecule has 11 aromatic rings. The van der Waals surface area contributed by atoms with Crippen molar-refractivity contribution < 1.29 is 0 Å². The van der Waals surface area contributed by atoms with Crippen LogP contribution in [0.3, 0.4) is 0 Å². The molecule has 0 saturated carbocycles. The highest BCUT2D eigenvalue weighted by molar-refractivity contribution is 6.15. The lowest BCUT2D eigenvalue weighted by atomic mass is 10.0. The molecule has 254 valence electrons. The van der Waals surface area contributed by atoms with E-state index in [0.717, 1.165) is 72.1 Å². The Labute approximate surface area is 316 Å². The van der Waals surface area contributed by atoms with Gasteiger partial charge in [-0.1, -0.05) is 109 Å². The van der Waals surface area contributed by atoms with Gasteiger partial charge in [-0.05, 0) is 77.9 Å². The number of rotatable bonds is 4. The average Bonchev–Trinajstić information content (AvgIpc) is 3.89. The van der Waals surface area contributed by atoms with E-state index in [1.807, 2.05) is 54.6 Å². The molecule has 0 spiro atoms. The third kappa shape index (κ3) is 4.39. The van der Waals surface area contributed by atoms with Crippen LogP contribution in [0.4, 0.5) is 0 Å². The largest absolute Gasteiger partial charge is 0.308 e. The zero-order valence-corrected chi connectivity index (χ0v) is 29.5. The van der Waals surface area contributed by atoms with E-state index in [2.05, 4.69) is 147 Å². The van der Waals surface area contributed by atoms with Gasteiger partial charge in [-0.3, -0.25) is 0 Å². The highest BCUT2D eigenvalue weighted by Crippen LogP contribution is 2.41. The molecular formula is C50H29N5. The molecule has 0 N–H and O–H groups in total. The highest BCUT2D eigenvalue weighted by Gasteiger charge is 2.21. The van der Waals surface area contributed by atoms with Crippen LogP contribution in [-0.4, -0.2) is 13.7 Å². The first-order valence-corrected chi connectivity index (χ1v) is 18.3. The summed E-state index contributed by atoms with van der Waals surface area (Å²) in [5.41, 5.74) is 12.5. The molecule has 0 saturated heterocycles. The molecular weight excluding hydrogens is 671 g/mol. The van der Waals surface area contributed by atoms with E-state index in [0.29, 0.717) is 11.1 Å². The second-order valence-corrected chi connectivity index (χ2v) is 14.0. The van der Waals surface area contributed by atoms with Crippen LogP contribution in [0.25, 0.3) is 93.6 Å². The van der Waals surface area contributed by atoms with E-state index >= 15 is 0 Å². The molecule has 8 aromatic carbocycles. The topological polar surface area (TPSA) is 62.4 Å². The summed E-state index contributed by atoms with van der Waals surface area (Å²) in [5.74, 6) is 0. The van der Waals surface area contributed by atoms with Crippen molar-refractivity contribution in [3.63, 3.8) is 0 Å². The summed E-state index contributed by atoms with van der Waals surface area (Å²) >= 11 is 0. The van der Waals surface area contributed by atoms with Gasteiger partial charge in [0.2, 0.25) is 0 Å². The minimum absolute atomic E-state index is 0.554. The zero-order valence-electron chi connectivity index (χ0n) is 29.5. The minimum Gasteiger partial charge on any atom is -0.308 e.